The molecule has 0 saturated heterocycles. The van der Waals surface area contributed by atoms with E-state index in [0.29, 0.717) is 11.1 Å². The third-order valence-electron chi connectivity index (χ3n) is 4.53. The van der Waals surface area contributed by atoms with Crippen molar-refractivity contribution in [1.82, 2.24) is 5.01 Å². The summed E-state index contributed by atoms with van der Waals surface area (Å²) in [5.74, 6) is -0.610. The van der Waals surface area contributed by atoms with Gasteiger partial charge in [0, 0.05) is 11.5 Å². The maximum atomic E-state index is 13.1. The summed E-state index contributed by atoms with van der Waals surface area (Å²) in [7, 11) is 1.73. The molecule has 0 radical (unpaired) electrons. The van der Waals surface area contributed by atoms with Gasteiger partial charge >= 0.3 is 0 Å². The van der Waals surface area contributed by atoms with E-state index in [9.17, 15) is 9.59 Å². The topological polar surface area (TPSA) is 40.6 Å². The molecule has 0 unspecified atom stereocenters. The first-order valence-corrected chi connectivity index (χ1v) is 8.68. The number of fused-ring (bicyclic) bond motifs is 3. The summed E-state index contributed by atoms with van der Waals surface area (Å²) in [5, 5.41) is 4.51. The zero-order valence-corrected chi connectivity index (χ0v) is 15.4. The number of nitrogens with zero attached hydrogens (tertiary/aromatic N) is 2. The van der Waals surface area contributed by atoms with Crippen molar-refractivity contribution in [3.8, 4) is 0 Å². The van der Waals surface area contributed by atoms with Gasteiger partial charge in [-0.25, -0.2) is 0 Å². The van der Waals surface area contributed by atoms with Crippen LogP contribution in [0.1, 0.15) is 26.3 Å². The van der Waals surface area contributed by atoms with Crippen LogP contribution in [0.5, 0.6) is 0 Å². The third kappa shape index (κ3) is 2.35. The summed E-state index contributed by atoms with van der Waals surface area (Å²) < 4.78 is 0.808. The van der Waals surface area contributed by atoms with Gasteiger partial charge in [-0.15, -0.1) is 0 Å². The molecule has 0 atom stereocenters. The van der Waals surface area contributed by atoms with Crippen LogP contribution in [0.15, 0.2) is 59.1 Å². The van der Waals surface area contributed by atoms with E-state index >= 15 is 0 Å². The Morgan fingerprint density at radius 3 is 2.24 bits per heavy atom. The Hall–Kier alpha value is -2.66. The number of imide groups is 1. The number of benzene rings is 3. The van der Waals surface area contributed by atoms with E-state index in [4.69, 9.17) is 0 Å². The number of halogens is 1. The molecule has 4 rings (SSSR count). The molecule has 4 nitrogen and oxygen atoms in total. The fourth-order valence-electron chi connectivity index (χ4n) is 3.19. The van der Waals surface area contributed by atoms with Crippen molar-refractivity contribution in [3.63, 3.8) is 0 Å². The van der Waals surface area contributed by atoms with Crippen LogP contribution in [0.25, 0.3) is 10.8 Å². The second kappa shape index (κ2) is 5.70. The summed E-state index contributed by atoms with van der Waals surface area (Å²) >= 11 is 3.51. The van der Waals surface area contributed by atoms with E-state index in [-0.39, 0.29) is 11.8 Å². The Bertz CT molecular complexity index is 1030. The molecule has 124 valence electrons. The molecule has 5 heteroatoms. The zero-order valence-electron chi connectivity index (χ0n) is 13.8. The molecule has 0 aliphatic carbocycles. The highest BCUT2D eigenvalue weighted by Crippen LogP contribution is 2.36. The smallest absolute Gasteiger partial charge is 0.278 e. The van der Waals surface area contributed by atoms with Crippen LogP contribution in [0.3, 0.4) is 0 Å². The minimum Gasteiger partial charge on any atom is -0.278 e. The summed E-state index contributed by atoms with van der Waals surface area (Å²) in [4.78, 5) is 26.0. The SMILES string of the molecule is Cc1ccc(N(C)N2C(=O)c3cc(Br)c4ccccc4c3C2=O)cc1. The summed E-state index contributed by atoms with van der Waals surface area (Å²) in [6.07, 6.45) is 0. The lowest BCUT2D eigenvalue weighted by Gasteiger charge is -2.27. The molecule has 0 N–H and O–H groups in total. The van der Waals surface area contributed by atoms with Gasteiger partial charge in [-0.3, -0.25) is 14.6 Å². The highest BCUT2D eigenvalue weighted by atomic mass is 79.9. The van der Waals surface area contributed by atoms with Gasteiger partial charge in [-0.1, -0.05) is 57.9 Å². The van der Waals surface area contributed by atoms with E-state index in [1.165, 1.54) is 5.01 Å². The van der Waals surface area contributed by atoms with Crippen LogP contribution < -0.4 is 5.01 Å². The quantitative estimate of drug-likeness (QED) is 0.598. The van der Waals surface area contributed by atoms with E-state index < -0.39 is 0 Å². The minimum absolute atomic E-state index is 0.299. The van der Waals surface area contributed by atoms with Gasteiger partial charge in [0.05, 0.1) is 16.8 Å². The normalized spacial score (nSPS) is 13.5. The highest BCUT2D eigenvalue weighted by Gasteiger charge is 2.40. The second-order valence-corrected chi connectivity index (χ2v) is 6.96. The molecule has 2 amide bonds. The molecule has 25 heavy (non-hydrogen) atoms. The van der Waals surface area contributed by atoms with Crippen molar-refractivity contribution in [2.24, 2.45) is 0 Å². The molecular weight excluding hydrogens is 380 g/mol. The molecule has 3 aromatic rings. The van der Waals surface area contributed by atoms with Crippen molar-refractivity contribution in [3.05, 3.63) is 75.8 Å². The average molecular weight is 395 g/mol. The van der Waals surface area contributed by atoms with Crippen molar-refractivity contribution in [2.75, 3.05) is 12.1 Å². The minimum atomic E-state index is -0.311. The summed E-state index contributed by atoms with van der Waals surface area (Å²) in [6.45, 7) is 2.00. The lowest BCUT2D eigenvalue weighted by atomic mass is 10.0. The predicted molar refractivity (Wildman–Crippen MR) is 102 cm³/mol. The van der Waals surface area contributed by atoms with Crippen LogP contribution in [0, 0.1) is 6.92 Å². The number of hydrogen-bond donors (Lipinski definition) is 0. The maximum absolute atomic E-state index is 13.1. The number of aryl methyl sites for hydroxylation is 1. The zero-order chi connectivity index (χ0) is 17.7. The standard InChI is InChI=1S/C20H15BrN2O2/c1-12-7-9-13(10-8-12)22(2)23-19(24)16-11-17(21)14-5-3-4-6-15(14)18(16)20(23)25/h3-11H,1-2H3. The third-order valence-corrected chi connectivity index (χ3v) is 5.19. The number of rotatable bonds is 2. The summed E-state index contributed by atoms with van der Waals surface area (Å²) in [5.41, 5.74) is 2.79. The number of anilines is 1. The van der Waals surface area contributed by atoms with E-state index in [1.54, 1.807) is 18.1 Å². The predicted octanol–water partition coefficient (Wildman–Crippen LogP) is 4.56. The van der Waals surface area contributed by atoms with Gasteiger partial charge in [0.15, 0.2) is 0 Å². The summed E-state index contributed by atoms with van der Waals surface area (Å²) in [6, 6.07) is 17.0. The van der Waals surface area contributed by atoms with Gasteiger partial charge in [0.1, 0.15) is 0 Å². The molecule has 0 fully saturated rings. The van der Waals surface area contributed by atoms with Crippen LogP contribution in [0.4, 0.5) is 5.69 Å². The average Bonchev–Trinajstić information content (AvgIpc) is 2.86. The monoisotopic (exact) mass is 394 g/mol. The largest absolute Gasteiger partial charge is 0.281 e. The molecule has 3 aromatic carbocycles. The van der Waals surface area contributed by atoms with E-state index in [0.717, 1.165) is 26.5 Å². The molecular formula is C20H15BrN2O2. The highest BCUT2D eigenvalue weighted by molar-refractivity contribution is 9.10. The Balaban J connectivity index is 1.85. The van der Waals surface area contributed by atoms with Gasteiger partial charge in [0.2, 0.25) is 0 Å². The Kier molecular flexibility index (Phi) is 3.62. The first-order chi connectivity index (χ1) is 12.0. The lowest BCUT2D eigenvalue weighted by Crippen LogP contribution is -2.44. The van der Waals surface area contributed by atoms with Crippen LogP contribution in [-0.4, -0.2) is 23.9 Å². The Labute approximate surface area is 153 Å². The first-order valence-electron chi connectivity index (χ1n) is 7.89. The number of hydrogen-bond acceptors (Lipinski definition) is 3. The van der Waals surface area contributed by atoms with Gasteiger partial charge in [0.25, 0.3) is 11.8 Å². The molecule has 0 bridgehead atoms. The molecule has 0 saturated carbocycles. The van der Waals surface area contributed by atoms with Crippen LogP contribution >= 0.6 is 15.9 Å². The van der Waals surface area contributed by atoms with Gasteiger partial charge < -0.3 is 0 Å². The van der Waals surface area contributed by atoms with E-state index in [1.807, 2.05) is 55.5 Å². The second-order valence-electron chi connectivity index (χ2n) is 6.11. The molecule has 0 spiro atoms. The van der Waals surface area contributed by atoms with Crippen molar-refractivity contribution in [1.29, 1.82) is 0 Å². The Morgan fingerprint density at radius 1 is 0.920 bits per heavy atom. The van der Waals surface area contributed by atoms with Gasteiger partial charge in [-0.2, -0.15) is 5.01 Å². The molecule has 0 aromatic heterocycles. The van der Waals surface area contributed by atoms with Crippen molar-refractivity contribution >= 4 is 44.2 Å². The number of carbonyl (C=O) groups is 2. The van der Waals surface area contributed by atoms with Gasteiger partial charge in [-0.05, 0) is 35.9 Å². The van der Waals surface area contributed by atoms with E-state index in [2.05, 4.69) is 15.9 Å². The first kappa shape index (κ1) is 15.8. The number of amides is 2. The van der Waals surface area contributed by atoms with Crippen LogP contribution in [-0.2, 0) is 0 Å². The number of carbonyl (C=O) groups excluding carboxylic acids is 2. The Morgan fingerprint density at radius 2 is 1.56 bits per heavy atom. The van der Waals surface area contributed by atoms with Crippen molar-refractivity contribution < 1.29 is 9.59 Å². The maximum Gasteiger partial charge on any atom is 0.281 e. The fourth-order valence-corrected chi connectivity index (χ4v) is 3.77. The lowest BCUT2D eigenvalue weighted by molar-refractivity contribution is 0.0645. The molecule has 1 aliphatic rings. The number of hydrazine groups is 1. The van der Waals surface area contributed by atoms with Crippen LogP contribution in [0.2, 0.25) is 0 Å². The fraction of sp³-hybridized carbons (Fsp3) is 0.100. The van der Waals surface area contributed by atoms with Crippen molar-refractivity contribution in [2.45, 2.75) is 6.92 Å². The molecule has 1 heterocycles. The molecule has 1 aliphatic heterocycles.